The summed E-state index contributed by atoms with van der Waals surface area (Å²) in [6.07, 6.45) is 6.67. The third-order valence-corrected chi connectivity index (χ3v) is 16.1. The lowest BCUT2D eigenvalue weighted by Gasteiger charge is -2.32. The van der Waals surface area contributed by atoms with E-state index in [1.165, 1.54) is 74.9 Å². The highest BCUT2D eigenvalue weighted by Gasteiger charge is 2.36. The van der Waals surface area contributed by atoms with E-state index in [-0.39, 0.29) is 85.1 Å². The van der Waals surface area contributed by atoms with Crippen LogP contribution >= 0.6 is 8.25 Å². The van der Waals surface area contributed by atoms with Crippen LogP contribution < -0.4 is 49.3 Å². The van der Waals surface area contributed by atoms with Gasteiger partial charge < -0.3 is 67.8 Å². The lowest BCUT2D eigenvalue weighted by atomic mass is 9.90. The molecule has 94 heavy (non-hydrogen) atoms. The lowest BCUT2D eigenvalue weighted by molar-refractivity contribution is -0.171. The molecule has 6 aromatic rings. The number of amides is 6. The van der Waals surface area contributed by atoms with Gasteiger partial charge in [-0.15, -0.1) is 0 Å². The van der Waals surface area contributed by atoms with Gasteiger partial charge in [-0.05, 0) is 149 Å². The van der Waals surface area contributed by atoms with Crippen molar-refractivity contribution in [1.82, 2.24) is 31.4 Å². The van der Waals surface area contributed by atoms with Crippen LogP contribution in [0.25, 0.3) is 22.6 Å². The summed E-state index contributed by atoms with van der Waals surface area (Å²) in [7, 11) is -0.401. The van der Waals surface area contributed by atoms with Gasteiger partial charge in [0.1, 0.15) is 46.0 Å². The highest BCUT2D eigenvalue weighted by Crippen LogP contribution is 2.40. The molecule has 0 aliphatic heterocycles. The van der Waals surface area contributed by atoms with Crippen molar-refractivity contribution in [3.8, 4) is 57.1 Å². The van der Waals surface area contributed by atoms with Crippen LogP contribution in [0.3, 0.4) is 0 Å². The summed E-state index contributed by atoms with van der Waals surface area (Å²) in [6, 6.07) is 23.2. The molecule has 0 radical (unpaired) electrons. The van der Waals surface area contributed by atoms with Gasteiger partial charge in [0.05, 0.1) is 75.8 Å². The van der Waals surface area contributed by atoms with E-state index in [1.54, 1.807) is 77.9 Å². The zero-order valence-electron chi connectivity index (χ0n) is 54.8. The van der Waals surface area contributed by atoms with E-state index < -0.39 is 67.7 Å². The molecule has 6 rings (SSSR count). The highest BCUT2D eigenvalue weighted by atomic mass is 31.1. The molecule has 25 nitrogen and oxygen atoms in total. The molecule has 2 heterocycles. The molecule has 0 fully saturated rings. The molecule has 26 heteroatoms. The van der Waals surface area contributed by atoms with Gasteiger partial charge >= 0.3 is 20.2 Å². The Morgan fingerprint density at radius 2 is 0.894 bits per heavy atom. The molecule has 4 N–H and O–H groups in total. The van der Waals surface area contributed by atoms with Gasteiger partial charge in [-0.3, -0.25) is 28.8 Å². The molecule has 6 amide bonds. The summed E-state index contributed by atoms with van der Waals surface area (Å²) in [4.78, 5) is 117. The number of carbonyl (C=O) groups excluding carboxylic acids is 8. The van der Waals surface area contributed by atoms with Crippen molar-refractivity contribution >= 4 is 56.6 Å². The average molecular weight is 1320 g/mol. The maximum absolute atomic E-state index is 13.9. The standard InChI is InChI=1S/C68H85N6O19P/c1-11-17-19-21-55(57(13-3)73(41-75)90-67(81)53-25-23-47(84-9)31-43(53)7)63(77)69-39-71-65(79)61-29-27-59(88-61)45-33-49(86-15-5)37-51(35-45)92-94(83)93-52-36-46(34-50(38-52)87-16-6)60-28-30-62(89-60)66(80)72-40-70-64(78)56(22-20-18-12-2)58(14-4)74(42-76)91-68(82)54-26-24-48(85-10)32-44(54)8/h23-38,41-42,55-58,94H,11-22,39-40H2,1-10H3,(H,69,77)(H,70,78)(H,71,79)(H,72,80)/t55-,56-,57-,58-/m1/s1. The number of benzene rings is 4. The molecule has 506 valence electrons. The number of nitrogens with one attached hydrogen (secondary N) is 4. The van der Waals surface area contributed by atoms with Crippen molar-refractivity contribution in [2.45, 2.75) is 132 Å². The van der Waals surface area contributed by atoms with Crippen LogP contribution in [-0.2, 0) is 33.4 Å². The fourth-order valence-electron chi connectivity index (χ4n) is 10.5. The van der Waals surface area contributed by atoms with Gasteiger partial charge in [-0.1, -0.05) is 66.2 Å². The maximum Gasteiger partial charge on any atom is 0.418 e. The second-order valence-corrected chi connectivity index (χ2v) is 22.6. The Labute approximate surface area is 547 Å². The van der Waals surface area contributed by atoms with E-state index in [9.17, 15) is 42.9 Å². The van der Waals surface area contributed by atoms with E-state index in [0.717, 1.165) is 35.8 Å². The molecule has 0 aliphatic rings. The molecule has 0 aliphatic carbocycles. The summed E-state index contributed by atoms with van der Waals surface area (Å²) in [5, 5.41) is 12.5. The number of nitrogens with zero attached hydrogens (tertiary/aromatic N) is 2. The summed E-state index contributed by atoms with van der Waals surface area (Å²) >= 11 is 0. The Morgan fingerprint density at radius 1 is 0.500 bits per heavy atom. The van der Waals surface area contributed by atoms with Gasteiger partial charge in [0.25, 0.3) is 11.8 Å². The van der Waals surface area contributed by atoms with Crippen molar-refractivity contribution in [1.29, 1.82) is 0 Å². The van der Waals surface area contributed by atoms with Crippen LogP contribution in [0.1, 0.15) is 159 Å². The Bertz CT molecular complexity index is 3340. The van der Waals surface area contributed by atoms with Crippen molar-refractivity contribution in [2.75, 3.05) is 40.8 Å². The highest BCUT2D eigenvalue weighted by molar-refractivity contribution is 7.34. The van der Waals surface area contributed by atoms with Crippen molar-refractivity contribution in [3.63, 3.8) is 0 Å². The van der Waals surface area contributed by atoms with Gasteiger partial charge in [-0.2, -0.15) is 10.1 Å². The fraction of sp³-hybridized carbons (Fsp3) is 0.412. The largest absolute Gasteiger partial charge is 0.497 e. The van der Waals surface area contributed by atoms with Crippen LogP contribution in [0, 0.1) is 25.7 Å². The minimum atomic E-state index is -3.41. The number of rotatable bonds is 40. The molecule has 0 saturated carbocycles. The third kappa shape index (κ3) is 20.6. The number of hydrogen-bond donors (Lipinski definition) is 4. The normalized spacial score (nSPS) is 12.2. The van der Waals surface area contributed by atoms with Crippen LogP contribution in [0.4, 0.5) is 0 Å². The first kappa shape index (κ1) is 73.3. The van der Waals surface area contributed by atoms with E-state index in [4.69, 9.17) is 46.5 Å². The molecule has 0 bridgehead atoms. The van der Waals surface area contributed by atoms with Gasteiger partial charge in [0.2, 0.25) is 24.6 Å². The first-order chi connectivity index (χ1) is 45.3. The first-order valence-corrected chi connectivity index (χ1v) is 32.6. The SMILES string of the molecule is CCCCC[C@@H](C(=O)NCNC(=O)c1ccc(-c2cc(OCC)cc(O[PH](=O)Oc3cc(OCC)cc(-c4ccc(C(=O)NCNC(=O)[C@H](CCCCC)[C@@H](CC)N(C=O)OC(=O)c5ccc(OC)cc5C)o4)c3)c2)o1)[C@@H](CC)N(C=O)OC(=O)c1ccc(OC)cc1C. The molecular weight excluding hydrogens is 1240 g/mol. The van der Waals surface area contributed by atoms with E-state index in [1.807, 2.05) is 13.8 Å². The number of furan rings is 2. The van der Waals surface area contributed by atoms with Crippen LogP contribution in [0.2, 0.25) is 0 Å². The van der Waals surface area contributed by atoms with Crippen molar-refractivity contribution in [3.05, 3.63) is 131 Å². The molecule has 2 aromatic heterocycles. The summed E-state index contributed by atoms with van der Waals surface area (Å²) in [5.41, 5.74) is 2.34. The summed E-state index contributed by atoms with van der Waals surface area (Å²) in [6.45, 7) is 14.4. The third-order valence-electron chi connectivity index (χ3n) is 15.3. The Balaban J connectivity index is 1.07. The summed E-state index contributed by atoms with van der Waals surface area (Å²) < 4.78 is 59.4. The predicted octanol–water partition coefficient (Wildman–Crippen LogP) is 11.5. The number of aryl methyl sites for hydroxylation is 2. The molecule has 0 saturated heterocycles. The smallest absolute Gasteiger partial charge is 0.418 e. The second kappa shape index (κ2) is 37.1. The van der Waals surface area contributed by atoms with Crippen LogP contribution in [0.5, 0.6) is 34.5 Å². The fourth-order valence-corrected chi connectivity index (χ4v) is 11.1. The Morgan fingerprint density at radius 3 is 1.23 bits per heavy atom. The van der Waals surface area contributed by atoms with E-state index in [2.05, 4.69) is 21.3 Å². The minimum absolute atomic E-state index is 0.0631. The molecule has 0 spiro atoms. The Kier molecular flexibility index (Phi) is 28.9. The van der Waals surface area contributed by atoms with Crippen molar-refractivity contribution < 1.29 is 89.4 Å². The Hall–Kier alpha value is -9.77. The number of ether oxygens (including phenoxy) is 4. The maximum atomic E-state index is 13.9. The zero-order valence-corrected chi connectivity index (χ0v) is 55.8. The first-order valence-electron chi connectivity index (χ1n) is 31.3. The molecular formula is C68H85N6O19P. The average Bonchev–Trinajstić information content (AvgIpc) is 1.36. The molecule has 0 unspecified atom stereocenters. The van der Waals surface area contributed by atoms with Crippen LogP contribution in [-0.4, -0.2) is 111 Å². The number of carbonyl (C=O) groups is 8. The molecule has 4 aromatic carbocycles. The summed E-state index contributed by atoms with van der Waals surface area (Å²) in [5.74, 6) is -3.45. The van der Waals surface area contributed by atoms with E-state index in [0.29, 0.717) is 83.8 Å². The molecule has 4 atom stereocenters. The van der Waals surface area contributed by atoms with Crippen molar-refractivity contribution in [2.24, 2.45) is 11.8 Å². The second-order valence-electron chi connectivity index (χ2n) is 21.7. The number of methoxy groups -OCH3 is 2. The number of unbranched alkanes of at least 4 members (excludes halogenated alkanes) is 4. The number of hydroxylamine groups is 4. The quantitative estimate of drug-likeness (QED) is 0.00913. The van der Waals surface area contributed by atoms with Gasteiger partial charge in [-0.25, -0.2) is 14.2 Å². The number of hydrogen-bond acceptors (Lipinski definition) is 19. The predicted molar refractivity (Wildman–Crippen MR) is 347 cm³/mol. The topological polar surface area (TPSA) is 308 Å². The van der Waals surface area contributed by atoms with E-state index >= 15 is 0 Å². The lowest BCUT2D eigenvalue weighted by Crippen LogP contribution is -2.49. The van der Waals surface area contributed by atoms with Gasteiger partial charge in [0.15, 0.2) is 11.5 Å². The zero-order chi connectivity index (χ0) is 68.3. The van der Waals surface area contributed by atoms with Crippen LogP contribution in [0.15, 0.2) is 106 Å². The minimum Gasteiger partial charge on any atom is -0.497 e. The van der Waals surface area contributed by atoms with Gasteiger partial charge in [0, 0.05) is 23.3 Å². The monoisotopic (exact) mass is 1320 g/mol.